The maximum atomic E-state index is 10.9. The van der Waals surface area contributed by atoms with Crippen LogP contribution in [0, 0.1) is 0 Å². The summed E-state index contributed by atoms with van der Waals surface area (Å²) >= 11 is 0. The molecule has 0 saturated carbocycles. The highest BCUT2D eigenvalue weighted by Crippen LogP contribution is 2.19. The summed E-state index contributed by atoms with van der Waals surface area (Å²) in [6.07, 6.45) is 3.02. The number of hydrogen-bond acceptors (Lipinski definition) is 4. The lowest BCUT2D eigenvalue weighted by atomic mass is 10.0. The van der Waals surface area contributed by atoms with Crippen molar-refractivity contribution >= 4 is 11.9 Å². The molecule has 0 aliphatic heterocycles. The zero-order chi connectivity index (χ0) is 11.9. The van der Waals surface area contributed by atoms with Crippen LogP contribution in [0.1, 0.15) is 33.6 Å². The lowest BCUT2D eigenvalue weighted by molar-refractivity contribution is -0.168. The minimum Gasteiger partial charge on any atom is -0.462 e. The molecule has 0 amide bonds. The standard InChI is InChI=1S/C11H18O4/c1-5-6-7-11(4,15-10(3)13)8-14-9(2)12/h5H,1,6-8H2,2-4H3. The Morgan fingerprint density at radius 2 is 1.93 bits per heavy atom. The quantitative estimate of drug-likeness (QED) is 0.500. The van der Waals surface area contributed by atoms with Crippen molar-refractivity contribution in [2.75, 3.05) is 6.61 Å². The third-order valence-electron chi connectivity index (χ3n) is 1.85. The second kappa shape index (κ2) is 6.22. The van der Waals surface area contributed by atoms with E-state index in [1.807, 2.05) is 0 Å². The van der Waals surface area contributed by atoms with Crippen LogP contribution in [0.15, 0.2) is 12.7 Å². The molecule has 0 N–H and O–H groups in total. The van der Waals surface area contributed by atoms with E-state index < -0.39 is 5.60 Å². The van der Waals surface area contributed by atoms with E-state index in [-0.39, 0.29) is 18.5 Å². The van der Waals surface area contributed by atoms with Gasteiger partial charge in [-0.1, -0.05) is 6.08 Å². The number of carbonyl (C=O) groups excluding carboxylic acids is 2. The summed E-state index contributed by atoms with van der Waals surface area (Å²) in [5, 5.41) is 0. The fourth-order valence-electron chi connectivity index (χ4n) is 1.16. The maximum Gasteiger partial charge on any atom is 0.303 e. The van der Waals surface area contributed by atoms with Crippen LogP contribution >= 0.6 is 0 Å². The number of rotatable bonds is 6. The van der Waals surface area contributed by atoms with E-state index in [1.165, 1.54) is 13.8 Å². The summed E-state index contributed by atoms with van der Waals surface area (Å²) in [6.45, 7) is 8.06. The van der Waals surface area contributed by atoms with Gasteiger partial charge >= 0.3 is 11.9 Å². The van der Waals surface area contributed by atoms with Crippen LogP contribution in [0.5, 0.6) is 0 Å². The molecule has 0 aromatic rings. The van der Waals surface area contributed by atoms with Crippen LogP contribution in [0.25, 0.3) is 0 Å². The molecule has 0 bridgehead atoms. The molecule has 4 heteroatoms. The maximum absolute atomic E-state index is 10.9. The van der Waals surface area contributed by atoms with Crippen LogP contribution in [-0.4, -0.2) is 24.1 Å². The van der Waals surface area contributed by atoms with Gasteiger partial charge in [-0.3, -0.25) is 9.59 Å². The summed E-state index contributed by atoms with van der Waals surface area (Å²) in [5.41, 5.74) is -0.758. The van der Waals surface area contributed by atoms with Gasteiger partial charge in [0.05, 0.1) is 0 Å². The first-order chi connectivity index (χ1) is 6.89. The van der Waals surface area contributed by atoms with Gasteiger partial charge in [0.1, 0.15) is 12.2 Å². The van der Waals surface area contributed by atoms with Gasteiger partial charge in [0.15, 0.2) is 0 Å². The molecular formula is C11H18O4. The highest BCUT2D eigenvalue weighted by Gasteiger charge is 2.28. The van der Waals surface area contributed by atoms with Crippen molar-refractivity contribution in [1.82, 2.24) is 0 Å². The second-order valence-electron chi connectivity index (χ2n) is 3.65. The predicted molar refractivity (Wildman–Crippen MR) is 56.2 cm³/mol. The lowest BCUT2D eigenvalue weighted by Crippen LogP contribution is -2.36. The Labute approximate surface area is 90.2 Å². The topological polar surface area (TPSA) is 52.6 Å². The van der Waals surface area contributed by atoms with Crippen LogP contribution in [0.3, 0.4) is 0 Å². The monoisotopic (exact) mass is 214 g/mol. The van der Waals surface area contributed by atoms with Gasteiger partial charge in [-0.2, -0.15) is 0 Å². The van der Waals surface area contributed by atoms with Gasteiger partial charge in [-0.15, -0.1) is 6.58 Å². The van der Waals surface area contributed by atoms with Crippen molar-refractivity contribution in [2.45, 2.75) is 39.2 Å². The third-order valence-corrected chi connectivity index (χ3v) is 1.85. The largest absolute Gasteiger partial charge is 0.462 e. The van der Waals surface area contributed by atoms with Crippen LogP contribution in [-0.2, 0) is 19.1 Å². The molecule has 0 aromatic heterocycles. The van der Waals surface area contributed by atoms with Crippen molar-refractivity contribution in [1.29, 1.82) is 0 Å². The SMILES string of the molecule is C=CCCC(C)(COC(C)=O)OC(C)=O. The summed E-state index contributed by atoms with van der Waals surface area (Å²) in [7, 11) is 0. The molecule has 0 spiro atoms. The van der Waals surface area contributed by atoms with E-state index in [4.69, 9.17) is 9.47 Å². The van der Waals surface area contributed by atoms with Gasteiger partial charge in [-0.05, 0) is 19.8 Å². The molecule has 0 fully saturated rings. The van der Waals surface area contributed by atoms with Crippen LogP contribution in [0.4, 0.5) is 0 Å². The molecule has 1 unspecified atom stereocenters. The Balaban J connectivity index is 4.31. The molecule has 0 aliphatic carbocycles. The highest BCUT2D eigenvalue weighted by molar-refractivity contribution is 5.67. The zero-order valence-corrected chi connectivity index (χ0v) is 9.54. The number of esters is 2. The Kier molecular flexibility index (Phi) is 5.67. The molecule has 0 heterocycles. The molecule has 0 rings (SSSR count). The molecule has 0 radical (unpaired) electrons. The Morgan fingerprint density at radius 1 is 1.33 bits per heavy atom. The molecule has 0 aliphatic rings. The number of carbonyl (C=O) groups is 2. The van der Waals surface area contributed by atoms with E-state index in [2.05, 4.69) is 6.58 Å². The average Bonchev–Trinajstić information content (AvgIpc) is 2.11. The Bertz CT molecular complexity index is 247. The molecule has 0 aromatic carbocycles. The fraction of sp³-hybridized carbons (Fsp3) is 0.636. The van der Waals surface area contributed by atoms with Crippen molar-refractivity contribution in [3.8, 4) is 0 Å². The van der Waals surface area contributed by atoms with Gasteiger partial charge in [0, 0.05) is 13.8 Å². The number of allylic oxidation sites excluding steroid dienone is 1. The summed E-state index contributed by atoms with van der Waals surface area (Å²) in [6, 6.07) is 0. The van der Waals surface area contributed by atoms with Crippen LogP contribution in [0.2, 0.25) is 0 Å². The predicted octanol–water partition coefficient (Wildman–Crippen LogP) is 1.84. The summed E-state index contributed by atoms with van der Waals surface area (Å²) in [5.74, 6) is -0.763. The van der Waals surface area contributed by atoms with Crippen molar-refractivity contribution in [2.24, 2.45) is 0 Å². The average molecular weight is 214 g/mol. The minimum absolute atomic E-state index is 0.0791. The van der Waals surface area contributed by atoms with E-state index >= 15 is 0 Å². The van der Waals surface area contributed by atoms with E-state index in [9.17, 15) is 9.59 Å². The van der Waals surface area contributed by atoms with Crippen molar-refractivity contribution < 1.29 is 19.1 Å². The Hall–Kier alpha value is -1.32. The molecular weight excluding hydrogens is 196 g/mol. The zero-order valence-electron chi connectivity index (χ0n) is 9.54. The highest BCUT2D eigenvalue weighted by atomic mass is 16.6. The lowest BCUT2D eigenvalue weighted by Gasteiger charge is -2.28. The first-order valence-electron chi connectivity index (χ1n) is 4.83. The first kappa shape index (κ1) is 13.7. The molecule has 0 saturated heterocycles. The van der Waals surface area contributed by atoms with E-state index in [0.29, 0.717) is 12.8 Å². The summed E-state index contributed by atoms with van der Waals surface area (Å²) < 4.78 is 9.98. The molecule has 4 nitrogen and oxygen atoms in total. The third kappa shape index (κ3) is 6.71. The van der Waals surface area contributed by atoms with Gasteiger partial charge in [-0.25, -0.2) is 0 Å². The van der Waals surface area contributed by atoms with Gasteiger partial charge in [0.2, 0.25) is 0 Å². The van der Waals surface area contributed by atoms with Crippen molar-refractivity contribution in [3.63, 3.8) is 0 Å². The first-order valence-corrected chi connectivity index (χ1v) is 4.83. The second-order valence-corrected chi connectivity index (χ2v) is 3.65. The normalized spacial score (nSPS) is 13.8. The van der Waals surface area contributed by atoms with E-state index in [1.54, 1.807) is 13.0 Å². The Morgan fingerprint density at radius 3 is 2.33 bits per heavy atom. The van der Waals surface area contributed by atoms with Gasteiger partial charge in [0.25, 0.3) is 0 Å². The number of ether oxygens (including phenoxy) is 2. The summed E-state index contributed by atoms with van der Waals surface area (Å²) in [4.78, 5) is 21.5. The van der Waals surface area contributed by atoms with Crippen LogP contribution < -0.4 is 0 Å². The van der Waals surface area contributed by atoms with Gasteiger partial charge < -0.3 is 9.47 Å². The number of hydrogen-bond donors (Lipinski definition) is 0. The van der Waals surface area contributed by atoms with Crippen molar-refractivity contribution in [3.05, 3.63) is 12.7 Å². The fourth-order valence-corrected chi connectivity index (χ4v) is 1.16. The molecule has 86 valence electrons. The molecule has 15 heavy (non-hydrogen) atoms. The van der Waals surface area contributed by atoms with E-state index in [0.717, 1.165) is 0 Å². The molecule has 1 atom stereocenters. The minimum atomic E-state index is -0.758. The smallest absolute Gasteiger partial charge is 0.303 e.